The third-order valence-corrected chi connectivity index (χ3v) is 7.70. The van der Waals surface area contributed by atoms with Crippen LogP contribution in [0.4, 0.5) is 5.69 Å². The zero-order chi connectivity index (χ0) is 31.5. The Morgan fingerprint density at radius 1 is 0.886 bits per heavy atom. The Kier molecular flexibility index (Phi) is 12.2. The maximum absolute atomic E-state index is 13.1. The number of fused-ring (bicyclic) bond motifs is 1. The summed E-state index contributed by atoms with van der Waals surface area (Å²) in [6, 6.07) is 3.87. The van der Waals surface area contributed by atoms with Crippen LogP contribution >= 0.6 is 0 Å². The van der Waals surface area contributed by atoms with Gasteiger partial charge in [-0.1, -0.05) is 6.07 Å². The van der Waals surface area contributed by atoms with Crippen molar-refractivity contribution in [1.29, 1.82) is 0 Å². The highest BCUT2D eigenvalue weighted by Gasteiger charge is 2.45. The van der Waals surface area contributed by atoms with E-state index in [9.17, 15) is 28.8 Å². The highest BCUT2D eigenvalue weighted by molar-refractivity contribution is 6.25. The molecular formula is C29H40N6O9. The minimum atomic E-state index is -1.02. The molecule has 3 heterocycles. The summed E-state index contributed by atoms with van der Waals surface area (Å²) in [6.45, 7) is 4.57. The molecule has 1 aromatic rings. The highest BCUT2D eigenvalue weighted by atomic mass is 16.5. The van der Waals surface area contributed by atoms with E-state index < -0.39 is 29.7 Å². The van der Waals surface area contributed by atoms with Crippen LogP contribution in [0.25, 0.3) is 0 Å². The molecular weight excluding hydrogens is 576 g/mol. The molecule has 1 unspecified atom stereocenters. The quantitative estimate of drug-likeness (QED) is 0.122. The van der Waals surface area contributed by atoms with E-state index in [4.69, 9.17) is 19.9 Å². The molecule has 2 fully saturated rings. The van der Waals surface area contributed by atoms with Crippen molar-refractivity contribution in [2.75, 3.05) is 77.7 Å². The number of rotatable bonds is 17. The fourth-order valence-corrected chi connectivity index (χ4v) is 5.36. The van der Waals surface area contributed by atoms with Gasteiger partial charge < -0.3 is 30.6 Å². The zero-order valence-electron chi connectivity index (χ0n) is 24.6. The molecule has 5 N–H and O–H groups in total. The van der Waals surface area contributed by atoms with Crippen molar-refractivity contribution in [3.63, 3.8) is 0 Å². The minimum absolute atomic E-state index is 0.0609. The van der Waals surface area contributed by atoms with E-state index in [1.807, 2.05) is 4.90 Å². The Morgan fingerprint density at radius 2 is 1.55 bits per heavy atom. The van der Waals surface area contributed by atoms with E-state index in [1.165, 1.54) is 0 Å². The molecule has 0 aliphatic carbocycles. The average molecular weight is 617 g/mol. The number of carbonyl (C=O) groups is 6. The zero-order valence-corrected chi connectivity index (χ0v) is 24.6. The van der Waals surface area contributed by atoms with E-state index in [1.54, 1.807) is 18.2 Å². The Hall–Kier alpha value is -3.92. The fourth-order valence-electron chi connectivity index (χ4n) is 5.36. The van der Waals surface area contributed by atoms with Crippen LogP contribution in [0.3, 0.4) is 0 Å². The number of nitrogens with zero attached hydrogens (tertiary/aromatic N) is 2. The second-order valence-electron chi connectivity index (χ2n) is 10.7. The summed E-state index contributed by atoms with van der Waals surface area (Å²) in [7, 11) is 0. The van der Waals surface area contributed by atoms with Gasteiger partial charge in [0.15, 0.2) is 0 Å². The van der Waals surface area contributed by atoms with E-state index in [-0.39, 0.29) is 41.7 Å². The lowest BCUT2D eigenvalue weighted by atomic mass is 9.96. The minimum Gasteiger partial charge on any atom is -0.382 e. The van der Waals surface area contributed by atoms with Crippen molar-refractivity contribution in [3.8, 4) is 0 Å². The normalized spacial score (nSPS) is 19.2. The monoisotopic (exact) mass is 616 g/mol. The Morgan fingerprint density at radius 3 is 2.20 bits per heavy atom. The molecule has 15 heteroatoms. The summed E-state index contributed by atoms with van der Waals surface area (Å²) in [4.78, 5) is 76.0. The van der Waals surface area contributed by atoms with E-state index in [0.717, 1.165) is 4.90 Å². The van der Waals surface area contributed by atoms with Crippen LogP contribution in [0.5, 0.6) is 0 Å². The lowest BCUT2D eigenvalue weighted by Crippen LogP contribution is -2.54. The number of carbonyl (C=O) groups excluding carboxylic acids is 6. The van der Waals surface area contributed by atoms with E-state index in [2.05, 4.69) is 16.0 Å². The van der Waals surface area contributed by atoms with Crippen LogP contribution in [0.1, 0.15) is 46.4 Å². The predicted molar refractivity (Wildman–Crippen MR) is 155 cm³/mol. The molecule has 0 aromatic heterocycles. The maximum atomic E-state index is 13.1. The largest absolute Gasteiger partial charge is 0.382 e. The van der Waals surface area contributed by atoms with Crippen molar-refractivity contribution >= 4 is 41.1 Å². The Balaban J connectivity index is 1.01. The van der Waals surface area contributed by atoms with Crippen molar-refractivity contribution in [2.45, 2.75) is 31.7 Å². The lowest BCUT2D eigenvalue weighted by molar-refractivity contribution is -0.136. The molecule has 0 bridgehead atoms. The second kappa shape index (κ2) is 16.2. The van der Waals surface area contributed by atoms with Gasteiger partial charge in [0.25, 0.3) is 11.8 Å². The molecule has 1 atom stereocenters. The number of likely N-dealkylation sites (tertiary alicyclic amines) is 1. The standard InChI is InChI=1S/C29H40N6O9/c30-26(38)19-6-10-34(11-7-19)18-24(37)32-9-13-43-15-17-44-16-14-42-12-8-31-21-3-1-2-20-25(21)29(41)35(28(20)40)22-4-5-23(36)33-27(22)39/h1-3,19,22,31H,4-18H2,(H2,30,38)(H,32,37)(H,33,36,39). The van der Waals surface area contributed by atoms with Gasteiger partial charge >= 0.3 is 0 Å². The summed E-state index contributed by atoms with van der Waals surface area (Å²) >= 11 is 0. The number of primary amides is 1. The molecule has 0 spiro atoms. The van der Waals surface area contributed by atoms with Gasteiger partial charge in [0.05, 0.1) is 57.3 Å². The summed E-state index contributed by atoms with van der Waals surface area (Å²) in [5, 5.41) is 8.12. The second-order valence-corrected chi connectivity index (χ2v) is 10.7. The molecule has 0 radical (unpaired) electrons. The molecule has 15 nitrogen and oxygen atoms in total. The lowest BCUT2D eigenvalue weighted by Gasteiger charge is -2.29. The van der Waals surface area contributed by atoms with Gasteiger partial charge in [-0.2, -0.15) is 0 Å². The maximum Gasteiger partial charge on any atom is 0.264 e. The Labute approximate surface area is 255 Å². The number of piperidine rings is 2. The van der Waals surface area contributed by atoms with Crippen LogP contribution in [0, 0.1) is 5.92 Å². The van der Waals surface area contributed by atoms with Gasteiger partial charge in [0.1, 0.15) is 6.04 Å². The van der Waals surface area contributed by atoms with Gasteiger partial charge in [-0.05, 0) is 44.5 Å². The number of nitrogens with two attached hydrogens (primary N) is 1. The number of imide groups is 2. The van der Waals surface area contributed by atoms with Gasteiger partial charge in [-0.3, -0.25) is 43.9 Å². The number of ether oxygens (including phenoxy) is 3. The first-order valence-electron chi connectivity index (χ1n) is 14.9. The summed E-state index contributed by atoms with van der Waals surface area (Å²) in [5.41, 5.74) is 6.21. The van der Waals surface area contributed by atoms with Crippen molar-refractivity contribution in [1.82, 2.24) is 20.4 Å². The third kappa shape index (κ3) is 8.81. The van der Waals surface area contributed by atoms with Crippen LogP contribution in [0.15, 0.2) is 18.2 Å². The topological polar surface area (TPSA) is 199 Å². The summed E-state index contributed by atoms with van der Waals surface area (Å²) in [5.74, 6) is -2.65. The molecule has 44 heavy (non-hydrogen) atoms. The first kappa shape index (κ1) is 33.0. The van der Waals surface area contributed by atoms with Crippen LogP contribution in [-0.4, -0.2) is 124 Å². The third-order valence-electron chi connectivity index (χ3n) is 7.70. The van der Waals surface area contributed by atoms with Crippen LogP contribution in [-0.2, 0) is 33.4 Å². The smallest absolute Gasteiger partial charge is 0.264 e. The molecule has 3 aliphatic rings. The fraction of sp³-hybridized carbons (Fsp3) is 0.586. The van der Waals surface area contributed by atoms with Crippen molar-refractivity contribution in [2.24, 2.45) is 11.7 Å². The number of nitrogens with one attached hydrogen (secondary N) is 3. The summed E-state index contributed by atoms with van der Waals surface area (Å²) in [6.07, 6.45) is 1.53. The van der Waals surface area contributed by atoms with E-state index in [0.29, 0.717) is 90.9 Å². The molecule has 2 saturated heterocycles. The number of anilines is 1. The molecule has 0 saturated carbocycles. The van der Waals surface area contributed by atoms with Crippen molar-refractivity contribution < 1.29 is 43.0 Å². The molecule has 240 valence electrons. The van der Waals surface area contributed by atoms with Gasteiger partial charge in [0.2, 0.25) is 23.6 Å². The summed E-state index contributed by atoms with van der Waals surface area (Å²) < 4.78 is 16.5. The predicted octanol–water partition coefficient (Wildman–Crippen LogP) is -1.14. The van der Waals surface area contributed by atoms with Gasteiger partial charge in [-0.15, -0.1) is 0 Å². The van der Waals surface area contributed by atoms with Crippen LogP contribution in [0.2, 0.25) is 0 Å². The van der Waals surface area contributed by atoms with Gasteiger partial charge in [-0.25, -0.2) is 0 Å². The first-order chi connectivity index (χ1) is 21.3. The highest BCUT2D eigenvalue weighted by Crippen LogP contribution is 2.32. The average Bonchev–Trinajstić information content (AvgIpc) is 3.25. The number of amides is 6. The van der Waals surface area contributed by atoms with E-state index >= 15 is 0 Å². The molecule has 3 aliphatic heterocycles. The van der Waals surface area contributed by atoms with Crippen molar-refractivity contribution in [3.05, 3.63) is 29.3 Å². The number of hydrogen-bond acceptors (Lipinski definition) is 11. The molecule has 6 amide bonds. The molecule has 4 rings (SSSR count). The molecule has 1 aromatic carbocycles. The van der Waals surface area contributed by atoms with Gasteiger partial charge in [0, 0.05) is 31.1 Å². The Bertz CT molecular complexity index is 1230. The number of hydrogen-bond donors (Lipinski definition) is 4. The number of benzene rings is 1. The van der Waals surface area contributed by atoms with Crippen LogP contribution < -0.4 is 21.7 Å². The SMILES string of the molecule is NC(=O)C1CCN(CC(=O)NCCOCCOCCOCCNc2cccc3c2C(=O)N(C2CCC(=O)NC2=O)C3=O)CC1. The first-order valence-corrected chi connectivity index (χ1v) is 14.9.